The molecule has 3 aromatic heterocycles. The van der Waals surface area contributed by atoms with Gasteiger partial charge in [-0.05, 0) is 25.8 Å². The molecule has 9 nitrogen and oxygen atoms in total. The van der Waals surface area contributed by atoms with E-state index in [0.717, 1.165) is 12.8 Å². The second-order valence-electron chi connectivity index (χ2n) is 8.10. The number of nitrogens with two attached hydrogens (primary N) is 1. The predicted molar refractivity (Wildman–Crippen MR) is 124 cm³/mol. The number of pyridine rings is 1. The van der Waals surface area contributed by atoms with Crippen LogP contribution >= 0.6 is 11.6 Å². The monoisotopic (exact) mass is 479 g/mol. The molecule has 1 saturated carbocycles. The van der Waals surface area contributed by atoms with Crippen molar-refractivity contribution < 1.29 is 9.13 Å². The molecular weight excluding hydrogens is 461 g/mol. The number of aryl methyl sites for hydroxylation is 2. The topological polar surface area (TPSA) is 136 Å². The minimum atomic E-state index is -0.760. The van der Waals surface area contributed by atoms with E-state index >= 15 is 4.39 Å². The van der Waals surface area contributed by atoms with Gasteiger partial charge in [0.25, 0.3) is 5.56 Å². The van der Waals surface area contributed by atoms with Gasteiger partial charge >= 0.3 is 0 Å². The van der Waals surface area contributed by atoms with Crippen molar-refractivity contribution in [3.05, 3.63) is 56.5 Å². The third-order valence-electron chi connectivity index (χ3n) is 5.79. The molecule has 0 aliphatic heterocycles. The van der Waals surface area contributed by atoms with Crippen LogP contribution in [0.1, 0.15) is 29.8 Å². The Bertz CT molecular complexity index is 1570. The SMILES string of the molecule is Cc1nc(-c2cnn(C)c2-c2c(F)c(Cl)cc(OC3CC3)c2C#N)cc2c(CN)n[nH]c(=O)c12. The number of nitrogens with one attached hydrogen (secondary N) is 1. The highest BCUT2D eigenvalue weighted by Gasteiger charge is 2.30. The average molecular weight is 480 g/mol. The van der Waals surface area contributed by atoms with Gasteiger partial charge in [0.05, 0.1) is 51.0 Å². The van der Waals surface area contributed by atoms with Crippen molar-refractivity contribution in [2.45, 2.75) is 32.4 Å². The van der Waals surface area contributed by atoms with E-state index in [4.69, 9.17) is 22.1 Å². The number of halogens is 2. The predicted octanol–water partition coefficient (Wildman–Crippen LogP) is 3.36. The fourth-order valence-electron chi connectivity index (χ4n) is 4.03. The van der Waals surface area contributed by atoms with Gasteiger partial charge in [-0.25, -0.2) is 9.49 Å². The summed E-state index contributed by atoms with van der Waals surface area (Å²) in [6.07, 6.45) is 3.23. The van der Waals surface area contributed by atoms with Crippen molar-refractivity contribution in [1.29, 1.82) is 5.26 Å². The first-order valence-corrected chi connectivity index (χ1v) is 10.9. The number of hydrogen-bond acceptors (Lipinski definition) is 7. The smallest absolute Gasteiger partial charge is 0.273 e. The van der Waals surface area contributed by atoms with Crippen molar-refractivity contribution in [1.82, 2.24) is 25.0 Å². The second-order valence-corrected chi connectivity index (χ2v) is 8.51. The van der Waals surface area contributed by atoms with Crippen LogP contribution in [0.25, 0.3) is 33.3 Å². The lowest BCUT2D eigenvalue weighted by Crippen LogP contribution is -2.15. The molecule has 0 radical (unpaired) electrons. The Morgan fingerprint density at radius 3 is 2.85 bits per heavy atom. The fourth-order valence-corrected chi connectivity index (χ4v) is 4.22. The number of nitriles is 1. The Hall–Kier alpha value is -3.81. The van der Waals surface area contributed by atoms with Crippen LogP contribution in [0.5, 0.6) is 5.75 Å². The van der Waals surface area contributed by atoms with Crippen molar-refractivity contribution in [2.24, 2.45) is 12.8 Å². The highest BCUT2D eigenvalue weighted by Crippen LogP contribution is 2.42. The second kappa shape index (κ2) is 8.20. The summed E-state index contributed by atoms with van der Waals surface area (Å²) in [5, 5.41) is 21.4. The van der Waals surface area contributed by atoms with Gasteiger partial charge in [-0.15, -0.1) is 0 Å². The number of aromatic nitrogens is 5. The van der Waals surface area contributed by atoms with Gasteiger partial charge in [-0.2, -0.15) is 15.5 Å². The van der Waals surface area contributed by atoms with Gasteiger partial charge in [0.15, 0.2) is 5.82 Å². The summed E-state index contributed by atoms with van der Waals surface area (Å²) in [5.41, 5.74) is 7.55. The van der Waals surface area contributed by atoms with Gasteiger partial charge in [0.1, 0.15) is 17.4 Å². The average Bonchev–Trinajstić information content (AvgIpc) is 3.55. The first kappa shape index (κ1) is 22.0. The number of rotatable bonds is 5. The first-order valence-electron chi connectivity index (χ1n) is 10.5. The number of fused-ring (bicyclic) bond motifs is 1. The van der Waals surface area contributed by atoms with E-state index in [9.17, 15) is 10.1 Å². The molecule has 1 aliphatic rings. The summed E-state index contributed by atoms with van der Waals surface area (Å²) in [6, 6.07) is 5.07. The molecule has 0 spiro atoms. The lowest BCUT2D eigenvalue weighted by molar-refractivity contribution is 0.302. The van der Waals surface area contributed by atoms with Crippen molar-refractivity contribution in [3.8, 4) is 34.3 Å². The minimum Gasteiger partial charge on any atom is -0.489 e. The summed E-state index contributed by atoms with van der Waals surface area (Å²) in [7, 11) is 1.63. The van der Waals surface area contributed by atoms with Crippen LogP contribution in [-0.4, -0.2) is 31.1 Å². The summed E-state index contributed by atoms with van der Waals surface area (Å²) in [6.45, 7) is 1.79. The normalized spacial score (nSPS) is 13.3. The lowest BCUT2D eigenvalue weighted by atomic mass is 9.98. The summed E-state index contributed by atoms with van der Waals surface area (Å²) < 4.78 is 22.8. The third kappa shape index (κ3) is 3.50. The Kier molecular flexibility index (Phi) is 5.31. The molecule has 0 unspecified atom stereocenters. The van der Waals surface area contributed by atoms with Crippen molar-refractivity contribution in [3.63, 3.8) is 0 Å². The molecule has 0 saturated heterocycles. The van der Waals surface area contributed by atoms with E-state index in [1.165, 1.54) is 16.9 Å². The summed E-state index contributed by atoms with van der Waals surface area (Å²) >= 11 is 6.21. The van der Waals surface area contributed by atoms with Crippen LogP contribution in [-0.2, 0) is 13.6 Å². The Morgan fingerprint density at radius 1 is 1.41 bits per heavy atom. The molecule has 0 atom stereocenters. The fraction of sp³-hybridized carbons (Fsp3) is 0.261. The zero-order chi connectivity index (χ0) is 24.1. The van der Waals surface area contributed by atoms with E-state index in [1.54, 1.807) is 20.0 Å². The molecule has 172 valence electrons. The number of ether oxygens (including phenoxy) is 1. The van der Waals surface area contributed by atoms with Gasteiger partial charge in [-0.3, -0.25) is 14.5 Å². The number of aromatic amines is 1. The summed E-state index contributed by atoms with van der Waals surface area (Å²) in [4.78, 5) is 17.0. The molecule has 3 heterocycles. The first-order chi connectivity index (χ1) is 16.3. The van der Waals surface area contributed by atoms with Crippen molar-refractivity contribution >= 4 is 22.4 Å². The van der Waals surface area contributed by atoms with E-state index < -0.39 is 5.82 Å². The zero-order valence-corrected chi connectivity index (χ0v) is 19.1. The Morgan fingerprint density at radius 2 is 2.18 bits per heavy atom. The maximum Gasteiger partial charge on any atom is 0.273 e. The maximum absolute atomic E-state index is 15.5. The maximum atomic E-state index is 15.5. The van der Waals surface area contributed by atoms with E-state index in [0.29, 0.717) is 39.1 Å². The molecule has 0 bridgehead atoms. The quantitative estimate of drug-likeness (QED) is 0.448. The van der Waals surface area contributed by atoms with Crippen LogP contribution < -0.4 is 16.0 Å². The van der Waals surface area contributed by atoms with E-state index in [2.05, 4.69) is 26.3 Å². The molecule has 1 aliphatic carbocycles. The van der Waals surface area contributed by atoms with E-state index in [-0.39, 0.29) is 40.1 Å². The van der Waals surface area contributed by atoms with Crippen LogP contribution in [0.2, 0.25) is 5.02 Å². The number of nitrogens with zero attached hydrogens (tertiary/aromatic N) is 5. The third-order valence-corrected chi connectivity index (χ3v) is 6.06. The molecule has 34 heavy (non-hydrogen) atoms. The van der Waals surface area contributed by atoms with Crippen LogP contribution in [0.15, 0.2) is 23.1 Å². The van der Waals surface area contributed by atoms with E-state index in [1.807, 2.05) is 0 Å². The van der Waals surface area contributed by atoms with Gasteiger partial charge in [-0.1, -0.05) is 11.6 Å². The molecule has 4 aromatic rings. The lowest BCUT2D eigenvalue weighted by Gasteiger charge is -2.15. The number of hydrogen-bond donors (Lipinski definition) is 2. The zero-order valence-electron chi connectivity index (χ0n) is 18.3. The molecular formula is C23H19ClFN7O2. The molecule has 11 heteroatoms. The highest BCUT2D eigenvalue weighted by atomic mass is 35.5. The Labute approximate surface area is 197 Å². The van der Waals surface area contributed by atoms with Crippen LogP contribution in [0, 0.1) is 24.1 Å². The van der Waals surface area contributed by atoms with Crippen LogP contribution in [0.4, 0.5) is 4.39 Å². The highest BCUT2D eigenvalue weighted by molar-refractivity contribution is 6.31. The molecule has 1 aromatic carbocycles. The van der Waals surface area contributed by atoms with Gasteiger partial charge < -0.3 is 10.5 Å². The Balaban J connectivity index is 1.79. The molecule has 0 amide bonds. The molecule has 3 N–H and O–H groups in total. The molecule has 1 fully saturated rings. The number of H-pyrrole nitrogens is 1. The van der Waals surface area contributed by atoms with Gasteiger partial charge in [0.2, 0.25) is 0 Å². The molecule has 5 rings (SSSR count). The minimum absolute atomic E-state index is 0.0161. The van der Waals surface area contributed by atoms with Crippen LogP contribution in [0.3, 0.4) is 0 Å². The standard InChI is InChI=1S/C23H19ClFN7O2/c1-10-19-12(17(8-27)30-31-23(19)33)5-16(29-10)14-9-28-32(2)22(14)20-13(7-26)18(34-11-3-4-11)6-15(24)21(20)25/h5-6,9,11H,3-4,8,27H2,1-2H3,(H,31,33). The largest absolute Gasteiger partial charge is 0.489 e. The summed E-state index contributed by atoms with van der Waals surface area (Å²) in [5.74, 6) is -0.535. The van der Waals surface area contributed by atoms with Crippen molar-refractivity contribution in [2.75, 3.05) is 0 Å². The number of benzene rings is 1. The van der Waals surface area contributed by atoms with Gasteiger partial charge in [0, 0.05) is 30.6 Å².